The van der Waals surface area contributed by atoms with Crippen LogP contribution in [0.2, 0.25) is 0 Å². The van der Waals surface area contributed by atoms with E-state index >= 15 is 0 Å². The Bertz CT molecular complexity index is 593. The summed E-state index contributed by atoms with van der Waals surface area (Å²) in [5.74, 6) is 0.964. The van der Waals surface area contributed by atoms with Gasteiger partial charge in [0, 0.05) is 16.6 Å². The Balaban J connectivity index is 1.92. The van der Waals surface area contributed by atoms with Gasteiger partial charge in [0.15, 0.2) is 5.78 Å². The molecule has 0 fully saturated rings. The van der Waals surface area contributed by atoms with Gasteiger partial charge < -0.3 is 4.74 Å². The van der Waals surface area contributed by atoms with E-state index < -0.39 is 0 Å². The van der Waals surface area contributed by atoms with E-state index in [9.17, 15) is 4.79 Å². The maximum absolute atomic E-state index is 12.2. The van der Waals surface area contributed by atoms with Crippen molar-refractivity contribution in [3.8, 4) is 5.75 Å². The summed E-state index contributed by atoms with van der Waals surface area (Å²) in [6.45, 7) is 1.12. The SMILES string of the molecule is COc1ccc(CN(C)CC(=O)c2ccc(Br)cc2)cc1. The smallest absolute Gasteiger partial charge is 0.176 e. The topological polar surface area (TPSA) is 29.5 Å². The standard InChI is InChI=1S/C17H18BrNO2/c1-19(11-13-3-9-16(21-2)10-4-13)12-17(20)14-5-7-15(18)8-6-14/h3-10H,11-12H2,1-2H3. The highest BCUT2D eigenvalue weighted by Gasteiger charge is 2.09. The van der Waals surface area contributed by atoms with Gasteiger partial charge in [-0.25, -0.2) is 0 Å². The lowest BCUT2D eigenvalue weighted by Gasteiger charge is -2.16. The van der Waals surface area contributed by atoms with Crippen LogP contribution >= 0.6 is 15.9 Å². The van der Waals surface area contributed by atoms with Gasteiger partial charge in [-0.15, -0.1) is 0 Å². The van der Waals surface area contributed by atoms with E-state index in [1.165, 1.54) is 0 Å². The third kappa shape index (κ3) is 4.69. The average molecular weight is 348 g/mol. The predicted octanol–water partition coefficient (Wildman–Crippen LogP) is 3.77. The number of rotatable bonds is 6. The molecular weight excluding hydrogens is 330 g/mol. The fourth-order valence-electron chi connectivity index (χ4n) is 2.07. The molecule has 4 heteroatoms. The number of carbonyl (C=O) groups excluding carboxylic acids is 1. The monoisotopic (exact) mass is 347 g/mol. The number of halogens is 1. The van der Waals surface area contributed by atoms with Gasteiger partial charge in [0.05, 0.1) is 13.7 Å². The fraction of sp³-hybridized carbons (Fsp3) is 0.235. The lowest BCUT2D eigenvalue weighted by Crippen LogP contribution is -2.25. The molecule has 0 saturated heterocycles. The van der Waals surface area contributed by atoms with Crippen LogP contribution in [0.3, 0.4) is 0 Å². The minimum absolute atomic E-state index is 0.124. The molecule has 0 N–H and O–H groups in total. The lowest BCUT2D eigenvalue weighted by atomic mass is 10.1. The van der Waals surface area contributed by atoms with E-state index in [2.05, 4.69) is 15.9 Å². The van der Waals surface area contributed by atoms with Crippen LogP contribution in [-0.4, -0.2) is 31.4 Å². The highest BCUT2D eigenvalue weighted by Crippen LogP contribution is 2.14. The van der Waals surface area contributed by atoms with Crippen molar-refractivity contribution in [2.24, 2.45) is 0 Å². The second-order valence-electron chi connectivity index (χ2n) is 4.95. The van der Waals surface area contributed by atoms with Crippen LogP contribution in [0.15, 0.2) is 53.0 Å². The molecule has 0 aliphatic heterocycles. The molecule has 0 spiro atoms. The molecule has 3 nitrogen and oxygen atoms in total. The molecule has 2 aromatic rings. The lowest BCUT2D eigenvalue weighted by molar-refractivity contribution is 0.0943. The van der Waals surface area contributed by atoms with Crippen molar-refractivity contribution in [3.63, 3.8) is 0 Å². The third-order valence-corrected chi connectivity index (χ3v) is 3.72. The Morgan fingerprint density at radius 3 is 2.29 bits per heavy atom. The van der Waals surface area contributed by atoms with Crippen molar-refractivity contribution in [1.82, 2.24) is 4.90 Å². The normalized spacial score (nSPS) is 10.7. The van der Waals surface area contributed by atoms with E-state index in [4.69, 9.17) is 4.74 Å². The minimum Gasteiger partial charge on any atom is -0.497 e. The minimum atomic E-state index is 0.124. The van der Waals surface area contributed by atoms with Gasteiger partial charge in [0.25, 0.3) is 0 Å². The quantitative estimate of drug-likeness (QED) is 0.745. The molecule has 0 saturated carbocycles. The van der Waals surface area contributed by atoms with Crippen LogP contribution in [0, 0.1) is 0 Å². The molecule has 110 valence electrons. The van der Waals surface area contributed by atoms with Crippen LogP contribution in [0.1, 0.15) is 15.9 Å². The molecule has 0 aliphatic rings. The predicted molar refractivity (Wildman–Crippen MR) is 87.8 cm³/mol. The van der Waals surface area contributed by atoms with Gasteiger partial charge in [0.2, 0.25) is 0 Å². The summed E-state index contributed by atoms with van der Waals surface area (Å²) in [6, 6.07) is 15.3. The Labute approximate surface area is 133 Å². The van der Waals surface area contributed by atoms with Crippen molar-refractivity contribution in [2.75, 3.05) is 20.7 Å². The van der Waals surface area contributed by atoms with Gasteiger partial charge in [-0.3, -0.25) is 9.69 Å². The van der Waals surface area contributed by atoms with Gasteiger partial charge in [0.1, 0.15) is 5.75 Å². The van der Waals surface area contributed by atoms with E-state index in [0.717, 1.165) is 27.9 Å². The van der Waals surface area contributed by atoms with E-state index in [1.807, 2.05) is 60.5 Å². The molecule has 2 aromatic carbocycles. The number of carbonyl (C=O) groups is 1. The molecule has 0 bridgehead atoms. The summed E-state index contributed by atoms with van der Waals surface area (Å²) in [4.78, 5) is 14.2. The molecule has 2 rings (SSSR count). The second kappa shape index (κ2) is 7.38. The van der Waals surface area contributed by atoms with Crippen molar-refractivity contribution < 1.29 is 9.53 Å². The average Bonchev–Trinajstić information content (AvgIpc) is 2.48. The zero-order valence-corrected chi connectivity index (χ0v) is 13.8. The maximum Gasteiger partial charge on any atom is 0.176 e. The fourth-order valence-corrected chi connectivity index (χ4v) is 2.34. The number of benzene rings is 2. The summed E-state index contributed by atoms with van der Waals surface area (Å²) in [5, 5.41) is 0. The number of hydrogen-bond acceptors (Lipinski definition) is 3. The Morgan fingerprint density at radius 1 is 1.10 bits per heavy atom. The first-order chi connectivity index (χ1) is 10.1. The third-order valence-electron chi connectivity index (χ3n) is 3.19. The summed E-state index contributed by atoms with van der Waals surface area (Å²) in [7, 11) is 3.60. The number of ketones is 1. The van der Waals surface area contributed by atoms with E-state index in [-0.39, 0.29) is 5.78 Å². The number of nitrogens with zero attached hydrogens (tertiary/aromatic N) is 1. The van der Waals surface area contributed by atoms with Crippen molar-refractivity contribution in [3.05, 3.63) is 64.1 Å². The Kier molecular flexibility index (Phi) is 5.53. The second-order valence-corrected chi connectivity index (χ2v) is 5.87. The van der Waals surface area contributed by atoms with Gasteiger partial charge in [-0.1, -0.05) is 40.2 Å². The zero-order chi connectivity index (χ0) is 15.2. The zero-order valence-electron chi connectivity index (χ0n) is 12.2. The molecular formula is C17H18BrNO2. The number of hydrogen-bond donors (Lipinski definition) is 0. The molecule has 21 heavy (non-hydrogen) atoms. The number of ether oxygens (including phenoxy) is 1. The highest BCUT2D eigenvalue weighted by atomic mass is 79.9. The molecule has 0 atom stereocenters. The highest BCUT2D eigenvalue weighted by molar-refractivity contribution is 9.10. The summed E-state index contributed by atoms with van der Waals surface area (Å²) in [6.07, 6.45) is 0. The summed E-state index contributed by atoms with van der Waals surface area (Å²) in [5.41, 5.74) is 1.89. The van der Waals surface area contributed by atoms with Crippen LogP contribution in [0.25, 0.3) is 0 Å². The molecule has 0 radical (unpaired) electrons. The first-order valence-electron chi connectivity index (χ1n) is 6.68. The largest absolute Gasteiger partial charge is 0.497 e. The maximum atomic E-state index is 12.2. The van der Waals surface area contributed by atoms with Crippen LogP contribution < -0.4 is 4.74 Å². The van der Waals surface area contributed by atoms with Crippen molar-refractivity contribution >= 4 is 21.7 Å². The first kappa shape index (κ1) is 15.7. The Morgan fingerprint density at radius 2 is 1.71 bits per heavy atom. The molecule has 0 aliphatic carbocycles. The molecule has 0 aromatic heterocycles. The summed E-state index contributed by atoms with van der Waals surface area (Å²) < 4.78 is 6.11. The first-order valence-corrected chi connectivity index (χ1v) is 7.48. The summed E-state index contributed by atoms with van der Waals surface area (Å²) >= 11 is 3.37. The molecule has 0 amide bonds. The van der Waals surface area contributed by atoms with Crippen LogP contribution in [0.4, 0.5) is 0 Å². The molecule has 0 heterocycles. The number of likely N-dealkylation sites (N-methyl/N-ethyl adjacent to an activating group) is 1. The van der Waals surface area contributed by atoms with Gasteiger partial charge in [-0.2, -0.15) is 0 Å². The van der Waals surface area contributed by atoms with E-state index in [1.54, 1.807) is 7.11 Å². The van der Waals surface area contributed by atoms with E-state index in [0.29, 0.717) is 6.54 Å². The van der Waals surface area contributed by atoms with Gasteiger partial charge >= 0.3 is 0 Å². The molecule has 0 unspecified atom stereocenters. The number of Topliss-reactive ketones (excluding diaryl/α,β-unsaturated/α-hetero) is 1. The number of methoxy groups -OCH3 is 1. The van der Waals surface area contributed by atoms with Crippen LogP contribution in [0.5, 0.6) is 5.75 Å². The Hall–Kier alpha value is -1.65. The van der Waals surface area contributed by atoms with Crippen molar-refractivity contribution in [1.29, 1.82) is 0 Å². The van der Waals surface area contributed by atoms with Crippen LogP contribution in [-0.2, 0) is 6.54 Å². The van der Waals surface area contributed by atoms with Crippen molar-refractivity contribution in [2.45, 2.75) is 6.54 Å². The van der Waals surface area contributed by atoms with Gasteiger partial charge in [-0.05, 0) is 36.9 Å².